The molecule has 1 aromatic heterocycles. The number of carbonyl (C=O) groups excluding carboxylic acids is 1. The summed E-state index contributed by atoms with van der Waals surface area (Å²) in [5.74, 6) is -0.523. The molecule has 2 rings (SSSR count). The lowest BCUT2D eigenvalue weighted by Gasteiger charge is -2.20. The number of imidazole rings is 1. The van der Waals surface area contributed by atoms with E-state index in [0.29, 0.717) is 19.4 Å². The van der Waals surface area contributed by atoms with Gasteiger partial charge in [0.25, 0.3) is 10.0 Å². The molecule has 1 atom stereocenters. The number of esters is 1. The molecule has 0 saturated carbocycles. The Kier molecular flexibility index (Phi) is 3.16. The van der Waals surface area contributed by atoms with Crippen LogP contribution in [0.4, 0.5) is 0 Å². The normalized spacial score (nSPS) is 21.6. The molecule has 1 N–H and O–H groups in total. The first-order chi connectivity index (χ1) is 8.07. The molecule has 1 fully saturated rings. The maximum atomic E-state index is 12.2. The summed E-state index contributed by atoms with van der Waals surface area (Å²) in [5, 5.41) is -0.00620. The number of sulfonamides is 1. The minimum Gasteiger partial charge on any atom is -0.468 e. The van der Waals surface area contributed by atoms with E-state index in [-0.39, 0.29) is 5.03 Å². The fourth-order valence-corrected chi connectivity index (χ4v) is 3.45. The van der Waals surface area contributed by atoms with Crippen LogP contribution in [0, 0.1) is 0 Å². The summed E-state index contributed by atoms with van der Waals surface area (Å²) in [5.41, 5.74) is 0. The molecule has 7 nitrogen and oxygen atoms in total. The largest absolute Gasteiger partial charge is 0.468 e. The highest BCUT2D eigenvalue weighted by molar-refractivity contribution is 7.89. The molecule has 1 saturated heterocycles. The number of H-pyrrole nitrogens is 1. The van der Waals surface area contributed by atoms with E-state index in [0.717, 1.165) is 4.31 Å². The summed E-state index contributed by atoms with van der Waals surface area (Å²) in [4.78, 5) is 17.7. The molecule has 1 unspecified atom stereocenters. The van der Waals surface area contributed by atoms with Gasteiger partial charge in [-0.15, -0.1) is 0 Å². The molecule has 0 amide bonds. The van der Waals surface area contributed by atoms with E-state index in [1.807, 2.05) is 0 Å². The number of methoxy groups -OCH3 is 1. The van der Waals surface area contributed by atoms with Crippen LogP contribution in [-0.2, 0) is 19.6 Å². The van der Waals surface area contributed by atoms with Crippen molar-refractivity contribution in [3.8, 4) is 0 Å². The fourth-order valence-electron chi connectivity index (χ4n) is 1.91. The summed E-state index contributed by atoms with van der Waals surface area (Å²) in [6.07, 6.45) is 3.64. The van der Waals surface area contributed by atoms with Crippen molar-refractivity contribution in [3.05, 3.63) is 12.5 Å². The van der Waals surface area contributed by atoms with Crippen LogP contribution in [-0.4, -0.2) is 48.4 Å². The van der Waals surface area contributed by atoms with Crippen LogP contribution in [0.5, 0.6) is 0 Å². The summed E-state index contributed by atoms with van der Waals surface area (Å²) >= 11 is 0. The van der Waals surface area contributed by atoms with Crippen LogP contribution in [0.15, 0.2) is 17.6 Å². The minimum absolute atomic E-state index is 0.00620. The van der Waals surface area contributed by atoms with Crippen molar-refractivity contribution >= 4 is 16.0 Å². The van der Waals surface area contributed by atoms with E-state index in [9.17, 15) is 13.2 Å². The number of hydrogen-bond donors (Lipinski definition) is 1. The van der Waals surface area contributed by atoms with Crippen LogP contribution >= 0.6 is 0 Å². The van der Waals surface area contributed by atoms with E-state index < -0.39 is 22.0 Å². The van der Waals surface area contributed by atoms with Gasteiger partial charge in [0.05, 0.1) is 19.6 Å². The molecular weight excluding hydrogens is 246 g/mol. The van der Waals surface area contributed by atoms with E-state index in [1.165, 1.54) is 19.6 Å². The maximum absolute atomic E-state index is 12.2. The van der Waals surface area contributed by atoms with Gasteiger partial charge in [-0.05, 0) is 12.8 Å². The Morgan fingerprint density at radius 3 is 3.00 bits per heavy atom. The van der Waals surface area contributed by atoms with E-state index in [2.05, 4.69) is 14.7 Å². The number of aromatic nitrogens is 2. The first kappa shape index (κ1) is 12.1. The number of rotatable bonds is 3. The van der Waals surface area contributed by atoms with Gasteiger partial charge in [-0.25, -0.2) is 13.4 Å². The van der Waals surface area contributed by atoms with Crippen molar-refractivity contribution in [2.75, 3.05) is 13.7 Å². The zero-order chi connectivity index (χ0) is 12.5. The Morgan fingerprint density at radius 2 is 2.41 bits per heavy atom. The third-order valence-electron chi connectivity index (χ3n) is 2.74. The number of hydrogen-bond acceptors (Lipinski definition) is 5. The number of ether oxygens (including phenoxy) is 1. The summed E-state index contributed by atoms with van der Waals surface area (Å²) < 4.78 is 30.1. The molecule has 0 spiro atoms. The molecule has 0 aromatic carbocycles. The van der Waals surface area contributed by atoms with Gasteiger partial charge in [0.15, 0.2) is 5.03 Å². The quantitative estimate of drug-likeness (QED) is 0.755. The highest BCUT2D eigenvalue weighted by Gasteiger charge is 2.40. The van der Waals surface area contributed by atoms with Crippen molar-refractivity contribution < 1.29 is 17.9 Å². The standard InChI is InChI=1S/C9H13N3O4S/c1-16-9(13)7-3-2-4-12(7)17(14,15)8-5-10-6-11-8/h5-7H,2-4H2,1H3,(H,10,11). The van der Waals surface area contributed by atoms with Gasteiger partial charge in [-0.3, -0.25) is 4.79 Å². The smallest absolute Gasteiger partial charge is 0.324 e. The third-order valence-corrected chi connectivity index (χ3v) is 4.57. The van der Waals surface area contributed by atoms with Gasteiger partial charge in [-0.2, -0.15) is 4.31 Å². The van der Waals surface area contributed by atoms with Gasteiger partial charge in [-0.1, -0.05) is 0 Å². The highest BCUT2D eigenvalue weighted by atomic mass is 32.2. The summed E-state index contributed by atoms with van der Waals surface area (Å²) in [7, 11) is -2.43. The van der Waals surface area contributed by atoms with Crippen LogP contribution in [0.1, 0.15) is 12.8 Å². The Labute approximate surface area is 98.8 Å². The van der Waals surface area contributed by atoms with Gasteiger partial charge in [0, 0.05) is 6.54 Å². The Bertz CT molecular complexity index is 496. The molecule has 2 heterocycles. The number of nitrogens with one attached hydrogen (secondary N) is 1. The molecule has 1 aliphatic rings. The van der Waals surface area contributed by atoms with Crippen LogP contribution < -0.4 is 0 Å². The average Bonchev–Trinajstić information content (AvgIpc) is 2.98. The van der Waals surface area contributed by atoms with Gasteiger partial charge in [0.2, 0.25) is 0 Å². The molecule has 17 heavy (non-hydrogen) atoms. The SMILES string of the molecule is COC(=O)C1CCCN1S(=O)(=O)c1cnc[nH]1. The summed E-state index contributed by atoms with van der Waals surface area (Å²) in [6.45, 7) is 0.321. The summed E-state index contributed by atoms with van der Waals surface area (Å²) in [6, 6.07) is -0.728. The number of nitrogens with zero attached hydrogens (tertiary/aromatic N) is 2. The number of aromatic amines is 1. The molecular formula is C9H13N3O4S. The second kappa shape index (κ2) is 4.46. The van der Waals surface area contributed by atoms with Crippen molar-refractivity contribution in [1.29, 1.82) is 0 Å². The van der Waals surface area contributed by atoms with Crippen LogP contribution in [0.2, 0.25) is 0 Å². The fraction of sp³-hybridized carbons (Fsp3) is 0.556. The lowest BCUT2D eigenvalue weighted by atomic mass is 10.2. The minimum atomic E-state index is -3.69. The predicted molar refractivity (Wildman–Crippen MR) is 57.5 cm³/mol. The predicted octanol–water partition coefficient (Wildman–Crippen LogP) is -0.264. The zero-order valence-corrected chi connectivity index (χ0v) is 10.1. The van der Waals surface area contributed by atoms with E-state index in [4.69, 9.17) is 0 Å². The molecule has 94 valence electrons. The Morgan fingerprint density at radius 1 is 1.65 bits per heavy atom. The van der Waals surface area contributed by atoms with Crippen molar-refractivity contribution in [1.82, 2.24) is 14.3 Å². The second-order valence-corrected chi connectivity index (χ2v) is 5.57. The van der Waals surface area contributed by atoms with E-state index >= 15 is 0 Å². The molecule has 1 aromatic rings. The molecule has 0 aliphatic carbocycles. The van der Waals surface area contributed by atoms with Crippen molar-refractivity contribution in [2.45, 2.75) is 23.9 Å². The lowest BCUT2D eigenvalue weighted by molar-refractivity contribution is -0.144. The average molecular weight is 259 g/mol. The van der Waals surface area contributed by atoms with Gasteiger partial charge >= 0.3 is 5.97 Å². The third kappa shape index (κ3) is 2.05. The maximum Gasteiger partial charge on any atom is 0.324 e. The molecule has 0 bridgehead atoms. The highest BCUT2D eigenvalue weighted by Crippen LogP contribution is 2.25. The Hall–Kier alpha value is -1.41. The first-order valence-electron chi connectivity index (χ1n) is 5.15. The topological polar surface area (TPSA) is 92.4 Å². The van der Waals surface area contributed by atoms with Crippen LogP contribution in [0.25, 0.3) is 0 Å². The molecule has 8 heteroatoms. The monoisotopic (exact) mass is 259 g/mol. The van der Waals surface area contributed by atoms with Crippen LogP contribution in [0.3, 0.4) is 0 Å². The Balaban J connectivity index is 2.31. The van der Waals surface area contributed by atoms with E-state index in [1.54, 1.807) is 0 Å². The number of carbonyl (C=O) groups is 1. The second-order valence-electron chi connectivity index (χ2n) is 3.71. The zero-order valence-electron chi connectivity index (χ0n) is 9.29. The first-order valence-corrected chi connectivity index (χ1v) is 6.59. The van der Waals surface area contributed by atoms with Crippen molar-refractivity contribution in [3.63, 3.8) is 0 Å². The van der Waals surface area contributed by atoms with Gasteiger partial charge < -0.3 is 9.72 Å². The van der Waals surface area contributed by atoms with Gasteiger partial charge in [0.1, 0.15) is 6.04 Å². The van der Waals surface area contributed by atoms with Crippen molar-refractivity contribution in [2.24, 2.45) is 0 Å². The molecule has 1 aliphatic heterocycles. The lowest BCUT2D eigenvalue weighted by Crippen LogP contribution is -2.41. The molecule has 0 radical (unpaired) electrons.